The van der Waals surface area contributed by atoms with Crippen LogP contribution in [0.3, 0.4) is 0 Å². The molecule has 0 N–H and O–H groups in total. The summed E-state index contributed by atoms with van der Waals surface area (Å²) >= 11 is 0. The monoisotopic (exact) mass is 197 g/mol. The molecular formula is C13H27N. The molecule has 0 aliphatic carbocycles. The zero-order valence-corrected chi connectivity index (χ0v) is 10.4. The van der Waals surface area contributed by atoms with E-state index >= 15 is 0 Å². The van der Waals surface area contributed by atoms with Crippen LogP contribution in [0, 0.1) is 17.8 Å². The topological polar surface area (TPSA) is 3.24 Å². The van der Waals surface area contributed by atoms with Gasteiger partial charge in [-0.05, 0) is 43.7 Å². The van der Waals surface area contributed by atoms with Crippen LogP contribution in [-0.4, -0.2) is 24.5 Å². The Morgan fingerprint density at radius 3 is 2.07 bits per heavy atom. The molecule has 0 radical (unpaired) electrons. The van der Waals surface area contributed by atoms with Crippen molar-refractivity contribution in [2.45, 2.75) is 47.0 Å². The van der Waals surface area contributed by atoms with Crippen molar-refractivity contribution in [3.05, 3.63) is 0 Å². The molecule has 1 heteroatoms. The van der Waals surface area contributed by atoms with Crippen molar-refractivity contribution in [2.75, 3.05) is 19.6 Å². The molecule has 1 saturated heterocycles. The van der Waals surface area contributed by atoms with Gasteiger partial charge in [0.25, 0.3) is 0 Å². The predicted molar refractivity (Wildman–Crippen MR) is 63.5 cm³/mol. The van der Waals surface area contributed by atoms with Crippen LogP contribution in [0.2, 0.25) is 0 Å². The quantitative estimate of drug-likeness (QED) is 0.653. The summed E-state index contributed by atoms with van der Waals surface area (Å²) in [7, 11) is 0. The van der Waals surface area contributed by atoms with E-state index in [0.29, 0.717) is 0 Å². The second-order valence-electron chi connectivity index (χ2n) is 5.23. The van der Waals surface area contributed by atoms with Crippen molar-refractivity contribution in [3.63, 3.8) is 0 Å². The van der Waals surface area contributed by atoms with Crippen molar-refractivity contribution in [1.29, 1.82) is 0 Å². The molecule has 1 aliphatic heterocycles. The van der Waals surface area contributed by atoms with Crippen molar-refractivity contribution < 1.29 is 0 Å². The normalized spacial score (nSPS) is 24.9. The first kappa shape index (κ1) is 12.0. The first-order valence-electron chi connectivity index (χ1n) is 6.37. The molecule has 0 aromatic rings. The van der Waals surface area contributed by atoms with Gasteiger partial charge in [-0.15, -0.1) is 0 Å². The molecule has 1 aliphatic rings. The third-order valence-electron chi connectivity index (χ3n) is 4.18. The van der Waals surface area contributed by atoms with Gasteiger partial charge < -0.3 is 4.90 Å². The SMILES string of the molecule is CCC(C)C(C)C(C)CN1CCCC1. The summed E-state index contributed by atoms with van der Waals surface area (Å²) < 4.78 is 0. The molecule has 1 nitrogen and oxygen atoms in total. The summed E-state index contributed by atoms with van der Waals surface area (Å²) in [4.78, 5) is 2.64. The molecule has 0 saturated carbocycles. The summed E-state index contributed by atoms with van der Waals surface area (Å²) in [6.07, 6.45) is 4.17. The van der Waals surface area contributed by atoms with Gasteiger partial charge in [0.15, 0.2) is 0 Å². The van der Waals surface area contributed by atoms with Gasteiger partial charge >= 0.3 is 0 Å². The number of hydrogen-bond donors (Lipinski definition) is 0. The minimum atomic E-state index is 0.864. The Balaban J connectivity index is 2.28. The zero-order valence-electron chi connectivity index (χ0n) is 10.4. The first-order valence-corrected chi connectivity index (χ1v) is 6.37. The molecule has 3 unspecified atom stereocenters. The fourth-order valence-corrected chi connectivity index (χ4v) is 2.47. The first-order chi connectivity index (χ1) is 6.65. The van der Waals surface area contributed by atoms with E-state index in [1.54, 1.807) is 0 Å². The third kappa shape index (κ3) is 3.27. The molecule has 14 heavy (non-hydrogen) atoms. The van der Waals surface area contributed by atoms with E-state index in [9.17, 15) is 0 Å². The molecule has 0 spiro atoms. The molecule has 1 fully saturated rings. The Bertz CT molecular complexity index is 149. The summed E-state index contributed by atoms with van der Waals surface area (Å²) in [6, 6.07) is 0. The van der Waals surface area contributed by atoms with Gasteiger partial charge in [0, 0.05) is 6.54 Å². The van der Waals surface area contributed by atoms with E-state index in [4.69, 9.17) is 0 Å². The lowest BCUT2D eigenvalue weighted by molar-refractivity contribution is 0.199. The van der Waals surface area contributed by atoms with E-state index in [0.717, 1.165) is 17.8 Å². The number of hydrogen-bond acceptors (Lipinski definition) is 1. The van der Waals surface area contributed by atoms with Gasteiger partial charge in [-0.3, -0.25) is 0 Å². The van der Waals surface area contributed by atoms with Gasteiger partial charge in [0.2, 0.25) is 0 Å². The number of rotatable bonds is 5. The van der Waals surface area contributed by atoms with Crippen LogP contribution in [0.15, 0.2) is 0 Å². The summed E-state index contributed by atoms with van der Waals surface area (Å²) in [5, 5.41) is 0. The predicted octanol–water partition coefficient (Wildman–Crippen LogP) is 3.40. The molecule has 0 aromatic heterocycles. The van der Waals surface area contributed by atoms with E-state index in [2.05, 4.69) is 32.6 Å². The Labute approximate surface area is 89.9 Å². The lowest BCUT2D eigenvalue weighted by Crippen LogP contribution is -2.30. The summed E-state index contributed by atoms with van der Waals surface area (Å²) in [5.74, 6) is 2.62. The largest absolute Gasteiger partial charge is 0.303 e. The minimum absolute atomic E-state index is 0.864. The molecular weight excluding hydrogens is 170 g/mol. The van der Waals surface area contributed by atoms with Crippen molar-refractivity contribution in [3.8, 4) is 0 Å². The van der Waals surface area contributed by atoms with E-state index in [1.165, 1.54) is 38.9 Å². The lowest BCUT2D eigenvalue weighted by atomic mass is 9.83. The van der Waals surface area contributed by atoms with Crippen molar-refractivity contribution in [1.82, 2.24) is 4.90 Å². The lowest BCUT2D eigenvalue weighted by Gasteiger charge is -2.28. The highest BCUT2D eigenvalue weighted by molar-refractivity contribution is 4.74. The second kappa shape index (κ2) is 5.75. The number of nitrogens with zero attached hydrogens (tertiary/aromatic N) is 1. The molecule has 84 valence electrons. The van der Waals surface area contributed by atoms with Crippen LogP contribution in [0.4, 0.5) is 0 Å². The average Bonchev–Trinajstić information content (AvgIpc) is 2.68. The molecule has 1 heterocycles. The van der Waals surface area contributed by atoms with Crippen LogP contribution in [0.1, 0.15) is 47.0 Å². The summed E-state index contributed by atoms with van der Waals surface area (Å²) in [6.45, 7) is 13.6. The van der Waals surface area contributed by atoms with Crippen LogP contribution >= 0.6 is 0 Å². The molecule has 1 rings (SSSR count). The van der Waals surface area contributed by atoms with Crippen molar-refractivity contribution >= 4 is 0 Å². The van der Waals surface area contributed by atoms with E-state index in [1.807, 2.05) is 0 Å². The van der Waals surface area contributed by atoms with Crippen molar-refractivity contribution in [2.24, 2.45) is 17.8 Å². The molecule has 0 bridgehead atoms. The fraction of sp³-hybridized carbons (Fsp3) is 1.00. The maximum absolute atomic E-state index is 2.64. The molecule has 0 amide bonds. The van der Waals surface area contributed by atoms with Crippen LogP contribution in [-0.2, 0) is 0 Å². The van der Waals surface area contributed by atoms with Gasteiger partial charge in [-0.2, -0.15) is 0 Å². The second-order valence-corrected chi connectivity index (χ2v) is 5.23. The summed E-state index contributed by atoms with van der Waals surface area (Å²) in [5.41, 5.74) is 0. The smallest absolute Gasteiger partial charge is 0.000966 e. The third-order valence-corrected chi connectivity index (χ3v) is 4.18. The van der Waals surface area contributed by atoms with Gasteiger partial charge in [-0.1, -0.05) is 34.1 Å². The maximum atomic E-state index is 2.64. The van der Waals surface area contributed by atoms with Gasteiger partial charge in [-0.25, -0.2) is 0 Å². The van der Waals surface area contributed by atoms with Gasteiger partial charge in [0.05, 0.1) is 0 Å². The van der Waals surface area contributed by atoms with E-state index in [-0.39, 0.29) is 0 Å². The Morgan fingerprint density at radius 1 is 1.00 bits per heavy atom. The zero-order chi connectivity index (χ0) is 10.6. The Hall–Kier alpha value is -0.0400. The van der Waals surface area contributed by atoms with Gasteiger partial charge in [0.1, 0.15) is 0 Å². The fourth-order valence-electron chi connectivity index (χ4n) is 2.47. The highest BCUT2D eigenvalue weighted by Crippen LogP contribution is 2.24. The minimum Gasteiger partial charge on any atom is -0.303 e. The van der Waals surface area contributed by atoms with Crippen LogP contribution < -0.4 is 0 Å². The highest BCUT2D eigenvalue weighted by atomic mass is 15.1. The van der Waals surface area contributed by atoms with Crippen LogP contribution in [0.5, 0.6) is 0 Å². The Morgan fingerprint density at radius 2 is 1.57 bits per heavy atom. The molecule has 0 aromatic carbocycles. The highest BCUT2D eigenvalue weighted by Gasteiger charge is 2.21. The average molecular weight is 197 g/mol. The van der Waals surface area contributed by atoms with Crippen LogP contribution in [0.25, 0.3) is 0 Å². The maximum Gasteiger partial charge on any atom is 0.000966 e. The Kier molecular flexibility index (Phi) is 4.94. The standard InChI is InChI=1S/C13H27N/c1-5-11(2)13(4)12(3)10-14-8-6-7-9-14/h11-13H,5-10H2,1-4H3. The van der Waals surface area contributed by atoms with E-state index < -0.39 is 0 Å². The molecule has 3 atom stereocenters. The number of likely N-dealkylation sites (tertiary alicyclic amines) is 1.